The van der Waals surface area contributed by atoms with Gasteiger partial charge in [0.2, 0.25) is 5.91 Å². The van der Waals surface area contributed by atoms with E-state index >= 15 is 0 Å². The number of hydrogen-bond donors (Lipinski definition) is 1. The third-order valence-corrected chi connectivity index (χ3v) is 4.92. The molecule has 2 heterocycles. The van der Waals surface area contributed by atoms with Gasteiger partial charge in [-0.05, 0) is 31.9 Å². The number of Topliss-reactive ketones (excluding diaryl/α,β-unsaturated/α-hetero) is 1. The third-order valence-electron chi connectivity index (χ3n) is 4.92. The van der Waals surface area contributed by atoms with Gasteiger partial charge in [-0.15, -0.1) is 0 Å². The lowest BCUT2D eigenvalue weighted by Crippen LogP contribution is -2.57. The molecule has 0 radical (unpaired) electrons. The Morgan fingerprint density at radius 2 is 2.15 bits per heavy atom. The Morgan fingerprint density at radius 3 is 2.92 bits per heavy atom. The Balaban J connectivity index is 1.55. The van der Waals surface area contributed by atoms with E-state index in [0.717, 1.165) is 19.4 Å². The van der Waals surface area contributed by atoms with Crippen molar-refractivity contribution >= 4 is 17.6 Å². The van der Waals surface area contributed by atoms with Gasteiger partial charge in [-0.1, -0.05) is 12.1 Å². The maximum Gasteiger partial charge on any atom is 0.260 e. The number of piperazine rings is 1. The number of ether oxygens (including phenoxy) is 1. The molecule has 0 aliphatic carbocycles. The highest BCUT2D eigenvalue weighted by molar-refractivity contribution is 5.94. The molecule has 1 N–H and O–H groups in total. The maximum atomic E-state index is 12.5. The topological polar surface area (TPSA) is 79.0 Å². The van der Waals surface area contributed by atoms with Gasteiger partial charge in [0, 0.05) is 37.8 Å². The molecule has 2 aliphatic rings. The van der Waals surface area contributed by atoms with Crippen LogP contribution in [0.2, 0.25) is 0 Å². The molecule has 0 saturated carbocycles. The first-order valence-electron chi connectivity index (χ1n) is 9.06. The fourth-order valence-corrected chi connectivity index (χ4v) is 3.48. The molecule has 26 heavy (non-hydrogen) atoms. The van der Waals surface area contributed by atoms with Crippen LogP contribution < -0.4 is 10.1 Å². The molecule has 2 aliphatic heterocycles. The molecule has 2 amide bonds. The van der Waals surface area contributed by atoms with Crippen molar-refractivity contribution in [1.82, 2.24) is 15.1 Å². The highest BCUT2D eigenvalue weighted by atomic mass is 16.5. The van der Waals surface area contributed by atoms with E-state index in [2.05, 4.69) is 5.32 Å². The number of carbonyl (C=O) groups is 3. The van der Waals surface area contributed by atoms with E-state index < -0.39 is 0 Å². The number of benzene rings is 1. The van der Waals surface area contributed by atoms with Gasteiger partial charge in [-0.2, -0.15) is 0 Å². The van der Waals surface area contributed by atoms with Crippen LogP contribution in [0.4, 0.5) is 0 Å². The Hall–Kier alpha value is -2.41. The first-order chi connectivity index (χ1) is 12.5. The van der Waals surface area contributed by atoms with Gasteiger partial charge >= 0.3 is 0 Å². The first-order valence-corrected chi connectivity index (χ1v) is 9.06. The van der Waals surface area contributed by atoms with Crippen molar-refractivity contribution in [2.45, 2.75) is 25.8 Å². The summed E-state index contributed by atoms with van der Waals surface area (Å²) in [6, 6.07) is 6.93. The monoisotopic (exact) mass is 359 g/mol. The number of nitrogens with zero attached hydrogens (tertiary/aromatic N) is 2. The van der Waals surface area contributed by atoms with E-state index in [1.165, 1.54) is 6.92 Å². The molecule has 0 spiro atoms. The number of amides is 2. The van der Waals surface area contributed by atoms with Crippen molar-refractivity contribution in [3.05, 3.63) is 29.8 Å². The number of carbonyl (C=O) groups excluding carboxylic acids is 3. The van der Waals surface area contributed by atoms with Crippen LogP contribution in [0.3, 0.4) is 0 Å². The zero-order valence-electron chi connectivity index (χ0n) is 15.1. The summed E-state index contributed by atoms with van der Waals surface area (Å²) in [5.74, 6) is 0.483. The average Bonchev–Trinajstić information content (AvgIpc) is 2.67. The Kier molecular flexibility index (Phi) is 5.88. The van der Waals surface area contributed by atoms with Gasteiger partial charge in [-0.25, -0.2) is 0 Å². The van der Waals surface area contributed by atoms with Crippen molar-refractivity contribution in [3.63, 3.8) is 0 Å². The van der Waals surface area contributed by atoms with E-state index in [4.69, 9.17) is 4.74 Å². The van der Waals surface area contributed by atoms with E-state index in [1.807, 2.05) is 4.90 Å². The summed E-state index contributed by atoms with van der Waals surface area (Å²) in [6.45, 7) is 4.54. The molecular formula is C19H25N3O4. The summed E-state index contributed by atoms with van der Waals surface area (Å²) in [5, 5.41) is 3.07. The first kappa shape index (κ1) is 18.4. The lowest BCUT2D eigenvalue weighted by molar-refractivity contribution is -0.141. The molecule has 0 aromatic heterocycles. The van der Waals surface area contributed by atoms with Crippen molar-refractivity contribution in [1.29, 1.82) is 0 Å². The van der Waals surface area contributed by atoms with Gasteiger partial charge in [-0.3, -0.25) is 14.4 Å². The minimum atomic E-state index is -0.0921. The van der Waals surface area contributed by atoms with Gasteiger partial charge in [0.15, 0.2) is 12.4 Å². The maximum absolute atomic E-state index is 12.5. The van der Waals surface area contributed by atoms with E-state index in [1.54, 1.807) is 29.2 Å². The molecule has 140 valence electrons. The molecule has 2 fully saturated rings. The summed E-state index contributed by atoms with van der Waals surface area (Å²) in [4.78, 5) is 39.7. The molecule has 2 saturated heterocycles. The van der Waals surface area contributed by atoms with Crippen LogP contribution in [0.5, 0.6) is 5.75 Å². The number of piperidine rings is 1. The molecule has 1 unspecified atom stereocenters. The minimum Gasteiger partial charge on any atom is -0.484 e. The lowest BCUT2D eigenvalue weighted by atomic mass is 10.0. The summed E-state index contributed by atoms with van der Waals surface area (Å²) in [5.41, 5.74) is 0.560. The second-order valence-electron chi connectivity index (χ2n) is 6.77. The molecule has 7 heteroatoms. The average molecular weight is 359 g/mol. The minimum absolute atomic E-state index is 0.0404. The van der Waals surface area contributed by atoms with Crippen molar-refractivity contribution in [2.75, 3.05) is 39.3 Å². The van der Waals surface area contributed by atoms with E-state index in [9.17, 15) is 14.4 Å². The number of rotatable bonds is 5. The number of hydrogen-bond acceptors (Lipinski definition) is 5. The SMILES string of the molecule is CC(=O)c1cccc(OCC(=O)N2CCCC(N3CCNCC3=O)C2)c1. The normalized spacial score (nSPS) is 20.8. The third kappa shape index (κ3) is 4.40. The Labute approximate surface area is 153 Å². The number of ketones is 1. The summed E-state index contributed by atoms with van der Waals surface area (Å²) >= 11 is 0. The van der Waals surface area contributed by atoms with E-state index in [0.29, 0.717) is 37.5 Å². The number of likely N-dealkylation sites (tertiary alicyclic amines) is 1. The fourth-order valence-electron chi connectivity index (χ4n) is 3.48. The van der Waals surface area contributed by atoms with Crippen LogP contribution in [-0.4, -0.2) is 72.8 Å². The van der Waals surface area contributed by atoms with Crippen LogP contribution in [0.15, 0.2) is 24.3 Å². The smallest absolute Gasteiger partial charge is 0.260 e. The highest BCUT2D eigenvalue weighted by Crippen LogP contribution is 2.18. The Morgan fingerprint density at radius 1 is 1.31 bits per heavy atom. The molecule has 1 aromatic rings. The van der Waals surface area contributed by atoms with Crippen LogP contribution in [0.1, 0.15) is 30.1 Å². The summed E-state index contributed by atoms with van der Waals surface area (Å²) in [7, 11) is 0. The van der Waals surface area contributed by atoms with Crippen LogP contribution in [0.25, 0.3) is 0 Å². The lowest BCUT2D eigenvalue weighted by Gasteiger charge is -2.41. The predicted octanol–water partition coefficient (Wildman–Crippen LogP) is 0.691. The van der Waals surface area contributed by atoms with Crippen molar-refractivity contribution in [3.8, 4) is 5.75 Å². The van der Waals surface area contributed by atoms with E-state index in [-0.39, 0.29) is 30.2 Å². The standard InChI is InChI=1S/C19H25N3O4/c1-14(23)15-4-2-6-17(10-15)26-13-19(25)21-8-3-5-16(12-21)22-9-7-20-11-18(22)24/h2,4,6,10,16,20H,3,5,7-9,11-13H2,1H3. The van der Waals surface area contributed by atoms with Crippen LogP contribution in [-0.2, 0) is 9.59 Å². The van der Waals surface area contributed by atoms with Crippen molar-refractivity contribution in [2.24, 2.45) is 0 Å². The zero-order chi connectivity index (χ0) is 18.5. The molecular weight excluding hydrogens is 334 g/mol. The van der Waals surface area contributed by atoms with Gasteiger partial charge < -0.3 is 19.9 Å². The molecule has 7 nitrogen and oxygen atoms in total. The summed E-state index contributed by atoms with van der Waals surface area (Å²) in [6.07, 6.45) is 1.81. The highest BCUT2D eigenvalue weighted by Gasteiger charge is 2.31. The molecule has 1 atom stereocenters. The molecule has 0 bridgehead atoms. The fraction of sp³-hybridized carbons (Fsp3) is 0.526. The second-order valence-corrected chi connectivity index (χ2v) is 6.77. The number of nitrogens with one attached hydrogen (secondary N) is 1. The van der Waals surface area contributed by atoms with Gasteiger partial charge in [0.25, 0.3) is 5.91 Å². The van der Waals surface area contributed by atoms with Crippen molar-refractivity contribution < 1.29 is 19.1 Å². The van der Waals surface area contributed by atoms with Gasteiger partial charge in [0.1, 0.15) is 5.75 Å². The quantitative estimate of drug-likeness (QED) is 0.783. The largest absolute Gasteiger partial charge is 0.484 e. The molecule has 1 aromatic carbocycles. The van der Waals surface area contributed by atoms with Gasteiger partial charge in [0.05, 0.1) is 6.54 Å². The Bertz CT molecular complexity index is 691. The second kappa shape index (κ2) is 8.31. The predicted molar refractivity (Wildman–Crippen MR) is 96.1 cm³/mol. The molecule has 3 rings (SSSR count). The van der Waals surface area contributed by atoms with Crippen LogP contribution in [0, 0.1) is 0 Å². The van der Waals surface area contributed by atoms with Crippen LogP contribution >= 0.6 is 0 Å². The summed E-state index contributed by atoms with van der Waals surface area (Å²) < 4.78 is 5.58. The zero-order valence-corrected chi connectivity index (χ0v) is 15.1.